The number of aromatic nitrogens is 1. The lowest BCUT2D eigenvalue weighted by molar-refractivity contribution is 0.294. The van der Waals surface area contributed by atoms with E-state index in [2.05, 4.69) is 29.0 Å². The molecule has 1 aromatic heterocycles. The van der Waals surface area contributed by atoms with Crippen molar-refractivity contribution in [2.45, 2.75) is 26.8 Å². The van der Waals surface area contributed by atoms with Crippen molar-refractivity contribution in [3.05, 3.63) is 17.7 Å². The van der Waals surface area contributed by atoms with Gasteiger partial charge in [0.05, 0.1) is 0 Å². The fraction of sp³-hybridized carbons (Fsp3) is 0.583. The van der Waals surface area contributed by atoms with Crippen LogP contribution in [0.15, 0.2) is 6.07 Å². The van der Waals surface area contributed by atoms with Crippen LogP contribution < -0.4 is 11.1 Å². The van der Waals surface area contributed by atoms with E-state index in [0.717, 1.165) is 25.7 Å². The normalized spacial score (nSPS) is 12.8. The molecule has 18 heavy (non-hydrogen) atoms. The highest BCUT2D eigenvalue weighted by atomic mass is 19.1. The van der Waals surface area contributed by atoms with E-state index in [1.54, 1.807) is 0 Å². The van der Waals surface area contributed by atoms with Crippen molar-refractivity contribution >= 4 is 11.6 Å². The molecule has 1 unspecified atom stereocenters. The molecule has 0 saturated heterocycles. The molecular weight excluding hydrogens is 238 g/mol. The van der Waals surface area contributed by atoms with E-state index in [0.29, 0.717) is 0 Å². The van der Waals surface area contributed by atoms with Gasteiger partial charge in [-0.1, -0.05) is 13.8 Å². The third-order valence-corrected chi connectivity index (χ3v) is 2.77. The van der Waals surface area contributed by atoms with Gasteiger partial charge in [0.15, 0.2) is 23.3 Å². The highest BCUT2D eigenvalue weighted by Gasteiger charge is 2.13. The SMILES string of the molecule is CCN(CC)CC(C)Nc1nc(N)c(F)cc1F. The van der Waals surface area contributed by atoms with E-state index < -0.39 is 11.6 Å². The van der Waals surface area contributed by atoms with Gasteiger partial charge in [-0.15, -0.1) is 0 Å². The Morgan fingerprint density at radius 3 is 2.50 bits per heavy atom. The second-order valence-corrected chi connectivity index (χ2v) is 4.22. The molecular formula is C12H20F2N4. The summed E-state index contributed by atoms with van der Waals surface area (Å²) in [5.41, 5.74) is 5.32. The number of halogens is 2. The second kappa shape index (κ2) is 6.49. The molecule has 0 aliphatic heterocycles. The minimum atomic E-state index is -0.838. The molecule has 0 aromatic carbocycles. The highest BCUT2D eigenvalue weighted by Crippen LogP contribution is 2.17. The third kappa shape index (κ3) is 3.80. The minimum Gasteiger partial charge on any atom is -0.381 e. The van der Waals surface area contributed by atoms with Crippen LogP contribution in [0.25, 0.3) is 0 Å². The zero-order valence-corrected chi connectivity index (χ0v) is 11.0. The van der Waals surface area contributed by atoms with Crippen molar-refractivity contribution in [2.75, 3.05) is 30.7 Å². The first kappa shape index (κ1) is 14.6. The van der Waals surface area contributed by atoms with E-state index in [1.165, 1.54) is 0 Å². The van der Waals surface area contributed by atoms with E-state index in [9.17, 15) is 8.78 Å². The van der Waals surface area contributed by atoms with E-state index in [4.69, 9.17) is 5.73 Å². The van der Waals surface area contributed by atoms with Crippen molar-refractivity contribution in [3.8, 4) is 0 Å². The topological polar surface area (TPSA) is 54.2 Å². The number of nitrogens with two attached hydrogens (primary N) is 1. The summed E-state index contributed by atoms with van der Waals surface area (Å²) in [4.78, 5) is 5.87. The number of hydrogen-bond donors (Lipinski definition) is 2. The maximum absolute atomic E-state index is 13.5. The van der Waals surface area contributed by atoms with Crippen LogP contribution in [0, 0.1) is 11.6 Å². The van der Waals surface area contributed by atoms with Gasteiger partial charge in [0.1, 0.15) is 0 Å². The number of pyridine rings is 1. The summed E-state index contributed by atoms with van der Waals surface area (Å²) in [6, 6.07) is 0.742. The second-order valence-electron chi connectivity index (χ2n) is 4.22. The van der Waals surface area contributed by atoms with Crippen LogP contribution in [-0.4, -0.2) is 35.6 Å². The smallest absolute Gasteiger partial charge is 0.168 e. The number of nitrogens with one attached hydrogen (secondary N) is 1. The lowest BCUT2D eigenvalue weighted by Gasteiger charge is -2.23. The molecule has 4 nitrogen and oxygen atoms in total. The summed E-state index contributed by atoms with van der Waals surface area (Å²) >= 11 is 0. The van der Waals surface area contributed by atoms with Gasteiger partial charge >= 0.3 is 0 Å². The maximum Gasteiger partial charge on any atom is 0.168 e. The number of likely N-dealkylation sites (N-methyl/N-ethyl adjacent to an activating group) is 1. The lowest BCUT2D eigenvalue weighted by atomic mass is 10.3. The Labute approximate surface area is 106 Å². The van der Waals surface area contributed by atoms with Crippen LogP contribution in [0.3, 0.4) is 0 Å². The van der Waals surface area contributed by atoms with Crippen molar-refractivity contribution < 1.29 is 8.78 Å². The van der Waals surface area contributed by atoms with E-state index in [1.807, 2.05) is 6.92 Å². The number of hydrogen-bond acceptors (Lipinski definition) is 4. The number of nitrogens with zero attached hydrogens (tertiary/aromatic N) is 2. The summed E-state index contributed by atoms with van der Waals surface area (Å²) in [6.45, 7) is 8.63. The number of anilines is 2. The number of nitrogen functional groups attached to an aromatic ring is 1. The molecule has 6 heteroatoms. The molecule has 0 aliphatic rings. The minimum absolute atomic E-state index is 0.00300. The van der Waals surface area contributed by atoms with Crippen molar-refractivity contribution in [1.29, 1.82) is 0 Å². The lowest BCUT2D eigenvalue weighted by Crippen LogP contribution is -2.35. The first-order chi connectivity index (χ1) is 8.47. The van der Waals surface area contributed by atoms with Gasteiger partial charge in [0, 0.05) is 18.7 Å². The van der Waals surface area contributed by atoms with Crippen molar-refractivity contribution in [1.82, 2.24) is 9.88 Å². The van der Waals surface area contributed by atoms with Crippen LogP contribution in [-0.2, 0) is 0 Å². The summed E-state index contributed by atoms with van der Waals surface area (Å²) < 4.78 is 26.4. The fourth-order valence-electron chi connectivity index (χ4n) is 1.73. The fourth-order valence-corrected chi connectivity index (χ4v) is 1.73. The third-order valence-electron chi connectivity index (χ3n) is 2.77. The molecule has 0 fully saturated rings. The Balaban J connectivity index is 2.69. The van der Waals surface area contributed by atoms with E-state index in [-0.39, 0.29) is 17.7 Å². The van der Waals surface area contributed by atoms with Gasteiger partial charge in [0.25, 0.3) is 0 Å². The average molecular weight is 258 g/mol. The predicted molar refractivity (Wildman–Crippen MR) is 69.4 cm³/mol. The molecule has 0 radical (unpaired) electrons. The molecule has 0 aliphatic carbocycles. The molecule has 1 rings (SSSR count). The first-order valence-electron chi connectivity index (χ1n) is 6.08. The van der Waals surface area contributed by atoms with Gasteiger partial charge in [-0.05, 0) is 20.0 Å². The van der Waals surface area contributed by atoms with Crippen LogP contribution in [0.1, 0.15) is 20.8 Å². The van der Waals surface area contributed by atoms with Gasteiger partial charge in [0.2, 0.25) is 0 Å². The van der Waals surface area contributed by atoms with Crippen molar-refractivity contribution in [3.63, 3.8) is 0 Å². The molecule has 102 valence electrons. The first-order valence-corrected chi connectivity index (χ1v) is 6.08. The molecule has 0 saturated carbocycles. The Kier molecular flexibility index (Phi) is 5.27. The predicted octanol–water partition coefficient (Wildman–Crippen LogP) is 2.08. The summed E-state index contributed by atoms with van der Waals surface area (Å²) in [5, 5.41) is 2.90. The summed E-state index contributed by atoms with van der Waals surface area (Å²) in [7, 11) is 0. The van der Waals surface area contributed by atoms with Gasteiger partial charge in [-0.3, -0.25) is 0 Å². The van der Waals surface area contributed by atoms with Gasteiger partial charge in [-0.25, -0.2) is 13.8 Å². The van der Waals surface area contributed by atoms with E-state index >= 15 is 0 Å². The number of rotatable bonds is 6. The largest absolute Gasteiger partial charge is 0.381 e. The zero-order valence-electron chi connectivity index (χ0n) is 11.0. The molecule has 0 bridgehead atoms. The maximum atomic E-state index is 13.5. The standard InChI is InChI=1S/C12H20F2N4/c1-4-18(5-2)7-8(3)16-12-10(14)6-9(13)11(15)17-12/h6,8H,4-5,7H2,1-3H3,(H3,15,16,17). The highest BCUT2D eigenvalue weighted by molar-refractivity contribution is 5.45. The van der Waals surface area contributed by atoms with Crippen LogP contribution in [0.4, 0.5) is 20.4 Å². The monoisotopic (exact) mass is 258 g/mol. The molecule has 3 N–H and O–H groups in total. The molecule has 0 spiro atoms. The quantitative estimate of drug-likeness (QED) is 0.820. The molecule has 0 amide bonds. The summed E-state index contributed by atoms with van der Waals surface area (Å²) in [6.07, 6.45) is 0. The zero-order chi connectivity index (χ0) is 13.7. The Hall–Kier alpha value is -1.43. The van der Waals surface area contributed by atoms with Crippen molar-refractivity contribution in [2.24, 2.45) is 0 Å². The van der Waals surface area contributed by atoms with Crippen LogP contribution in [0.2, 0.25) is 0 Å². The van der Waals surface area contributed by atoms with Gasteiger partial charge in [-0.2, -0.15) is 0 Å². The molecule has 1 atom stereocenters. The molecule has 1 heterocycles. The Morgan fingerprint density at radius 1 is 1.33 bits per heavy atom. The van der Waals surface area contributed by atoms with Crippen LogP contribution >= 0.6 is 0 Å². The Bertz CT molecular complexity index is 394. The summed E-state index contributed by atoms with van der Waals surface area (Å²) in [5.74, 6) is -1.87. The Morgan fingerprint density at radius 2 is 1.94 bits per heavy atom. The van der Waals surface area contributed by atoms with Gasteiger partial charge < -0.3 is 16.0 Å². The average Bonchev–Trinajstić information content (AvgIpc) is 2.33. The van der Waals surface area contributed by atoms with Crippen LogP contribution in [0.5, 0.6) is 0 Å². The molecule has 1 aromatic rings.